The van der Waals surface area contributed by atoms with Gasteiger partial charge in [0.1, 0.15) is 0 Å². The van der Waals surface area contributed by atoms with E-state index in [0.717, 1.165) is 25.4 Å². The molecule has 0 aliphatic heterocycles. The van der Waals surface area contributed by atoms with Gasteiger partial charge in [0.15, 0.2) is 0 Å². The molecule has 62 valence electrons. The van der Waals surface area contributed by atoms with Gasteiger partial charge in [-0.2, -0.15) is 0 Å². The molecule has 0 aromatic carbocycles. The topological polar surface area (TPSA) is 26.0 Å². The Balaban J connectivity index is 4.68. The molecule has 1 nitrogen and oxygen atoms in total. The molecule has 5 heteroatoms. The minimum absolute atomic E-state index is 0.152. The zero-order valence-electron chi connectivity index (χ0n) is 5.35. The second kappa shape index (κ2) is 3.98. The molecule has 0 saturated carbocycles. The molecule has 0 amide bonds. The summed E-state index contributed by atoms with van der Waals surface area (Å²) in [6, 6.07) is 0. The zero-order chi connectivity index (χ0) is 9.07. The molecule has 0 rings (SSSR count). The summed E-state index contributed by atoms with van der Waals surface area (Å²) in [7, 11) is 0. The van der Waals surface area contributed by atoms with Crippen molar-refractivity contribution in [2.24, 2.45) is 5.73 Å². The van der Waals surface area contributed by atoms with E-state index in [1.165, 1.54) is 0 Å². The van der Waals surface area contributed by atoms with Gasteiger partial charge in [-0.3, -0.25) is 0 Å². The van der Waals surface area contributed by atoms with Crippen molar-refractivity contribution in [1.82, 2.24) is 0 Å². The van der Waals surface area contributed by atoms with Gasteiger partial charge in [-0.1, -0.05) is 0 Å². The van der Waals surface area contributed by atoms with E-state index in [1.54, 1.807) is 0 Å². The van der Waals surface area contributed by atoms with Gasteiger partial charge in [0.25, 0.3) is 0 Å². The second-order valence-corrected chi connectivity index (χ2v) is 3.36. The van der Waals surface area contributed by atoms with Crippen LogP contribution in [0.15, 0.2) is 17.7 Å². The number of alkyl halides is 3. The molecule has 0 fully saturated rings. The van der Waals surface area contributed by atoms with Crippen molar-refractivity contribution in [3.63, 3.8) is 0 Å². The van der Waals surface area contributed by atoms with Crippen molar-refractivity contribution < 1.29 is 32.5 Å². The van der Waals surface area contributed by atoms with Gasteiger partial charge in [-0.25, -0.2) is 0 Å². The zero-order valence-corrected chi connectivity index (χ0v) is 8.28. The first-order valence-corrected chi connectivity index (χ1v) is 3.98. The third-order valence-electron chi connectivity index (χ3n) is 0.805. The van der Waals surface area contributed by atoms with Gasteiger partial charge >= 0.3 is 72.8 Å². The van der Waals surface area contributed by atoms with Gasteiger partial charge in [0.05, 0.1) is 0 Å². The summed E-state index contributed by atoms with van der Waals surface area (Å²) >= 11 is 0.781. The Kier molecular flexibility index (Phi) is 3.90. The van der Waals surface area contributed by atoms with Gasteiger partial charge in [0.2, 0.25) is 0 Å². The van der Waals surface area contributed by atoms with Crippen molar-refractivity contribution >= 4 is 4.02 Å². The summed E-state index contributed by atoms with van der Waals surface area (Å²) < 4.78 is 35.7. The first-order valence-electron chi connectivity index (χ1n) is 2.51. The van der Waals surface area contributed by atoms with Crippen molar-refractivity contribution in [3.8, 4) is 0 Å². The molecule has 0 unspecified atom stereocenters. The van der Waals surface area contributed by atoms with Crippen molar-refractivity contribution in [3.05, 3.63) is 24.3 Å². The standard InChI is InChI=1S/C6H5F3N.W/c1-2-5(3-4-10)6(7,8)9;/h1-3H,10H2;/q-1;/b5-3+;. The van der Waals surface area contributed by atoms with Crippen LogP contribution in [0, 0.1) is 6.58 Å². The third kappa shape index (κ3) is 4.27. The maximum atomic E-state index is 11.8. The number of rotatable bonds is 2. The number of halogens is 3. The molecule has 0 aliphatic rings. The van der Waals surface area contributed by atoms with Crippen LogP contribution in [0.4, 0.5) is 13.2 Å². The normalized spacial score (nSPS) is 12.9. The van der Waals surface area contributed by atoms with Gasteiger partial charge in [-0.15, -0.1) is 0 Å². The Morgan fingerprint density at radius 2 is 1.91 bits per heavy atom. The van der Waals surface area contributed by atoms with Crippen LogP contribution in [0.1, 0.15) is 0 Å². The Hall–Kier alpha value is -0.212. The quantitative estimate of drug-likeness (QED) is 0.595. The fourth-order valence-corrected chi connectivity index (χ4v) is 0.834. The van der Waals surface area contributed by atoms with E-state index in [-0.39, 0.29) is 4.02 Å². The predicted octanol–water partition coefficient (Wildman–Crippen LogP) is 1.10. The monoisotopic (exact) mass is 332 g/mol. The summed E-state index contributed by atoms with van der Waals surface area (Å²) in [5.41, 5.74) is 4.16. The number of nitrogens with two attached hydrogens (primary N) is 1. The fraction of sp³-hybridized carbons (Fsp3) is 0.167. The molecule has 0 atom stereocenters. The van der Waals surface area contributed by atoms with Crippen LogP contribution < -0.4 is 5.73 Å². The molecule has 0 aromatic heterocycles. The van der Waals surface area contributed by atoms with Gasteiger partial charge in [0, 0.05) is 0 Å². The van der Waals surface area contributed by atoms with Crippen molar-refractivity contribution in [1.29, 1.82) is 0 Å². The summed E-state index contributed by atoms with van der Waals surface area (Å²) in [6.45, 7) is 4.73. The van der Waals surface area contributed by atoms with E-state index >= 15 is 0 Å². The van der Waals surface area contributed by atoms with E-state index in [0.29, 0.717) is 6.08 Å². The van der Waals surface area contributed by atoms with Crippen molar-refractivity contribution in [2.75, 3.05) is 0 Å². The van der Waals surface area contributed by atoms with Crippen LogP contribution in [-0.2, 0) is 19.4 Å². The summed E-state index contributed by atoms with van der Waals surface area (Å²) in [6.07, 6.45) is -3.10. The van der Waals surface area contributed by atoms with E-state index in [2.05, 4.69) is 0 Å². The van der Waals surface area contributed by atoms with Crippen LogP contribution in [0.25, 0.3) is 0 Å². The molecule has 11 heavy (non-hydrogen) atoms. The van der Waals surface area contributed by atoms with Gasteiger partial charge in [-0.05, 0) is 0 Å². The Morgan fingerprint density at radius 1 is 1.45 bits per heavy atom. The SMILES string of the molecule is [CH-]=C/C(=C\[C](N)=[W])C(F)(F)F. The molecule has 0 spiro atoms. The molecule has 0 radical (unpaired) electrons. The van der Waals surface area contributed by atoms with Crippen LogP contribution >= 0.6 is 0 Å². The van der Waals surface area contributed by atoms with E-state index < -0.39 is 11.7 Å². The van der Waals surface area contributed by atoms with Crippen LogP contribution in [-0.4, -0.2) is 10.2 Å². The molecule has 0 aliphatic carbocycles. The fourth-order valence-electron chi connectivity index (χ4n) is 0.378. The summed E-state index contributed by atoms with van der Waals surface area (Å²) in [4.78, 5) is 0. The number of hydrogen-bond donors (Lipinski definition) is 1. The Morgan fingerprint density at radius 3 is 2.00 bits per heavy atom. The predicted molar refractivity (Wildman–Crippen MR) is 32.2 cm³/mol. The van der Waals surface area contributed by atoms with E-state index in [9.17, 15) is 13.2 Å². The van der Waals surface area contributed by atoms with Crippen LogP contribution in [0.5, 0.6) is 0 Å². The summed E-state index contributed by atoms with van der Waals surface area (Å²) in [5.74, 6) is 0. The molecular weight excluding hydrogens is 327 g/mol. The molecule has 0 saturated heterocycles. The first-order chi connectivity index (χ1) is 4.88. The molecule has 2 N–H and O–H groups in total. The van der Waals surface area contributed by atoms with Crippen LogP contribution in [0.2, 0.25) is 0 Å². The average Bonchev–Trinajstić information content (AvgIpc) is 1.79. The average molecular weight is 332 g/mol. The molecule has 0 bridgehead atoms. The second-order valence-electron chi connectivity index (χ2n) is 1.67. The third-order valence-corrected chi connectivity index (χ3v) is 1.23. The molecular formula is C6H5F3NW-. The first kappa shape index (κ1) is 10.8. The molecule has 0 aromatic rings. The maximum absolute atomic E-state index is 11.8. The van der Waals surface area contributed by atoms with Crippen molar-refractivity contribution in [2.45, 2.75) is 6.18 Å². The number of hydrogen-bond acceptors (Lipinski definition) is 1. The summed E-state index contributed by atoms with van der Waals surface area (Å²) in [5, 5.41) is 0. The van der Waals surface area contributed by atoms with Gasteiger partial charge < -0.3 is 0 Å². The van der Waals surface area contributed by atoms with E-state index in [1.807, 2.05) is 0 Å². The number of allylic oxidation sites excluding steroid dienone is 2. The Bertz CT molecular complexity index is 204. The minimum atomic E-state index is -4.41. The Labute approximate surface area is 73.2 Å². The molecule has 0 heterocycles. The van der Waals surface area contributed by atoms with Crippen LogP contribution in [0.3, 0.4) is 0 Å². The van der Waals surface area contributed by atoms with E-state index in [4.69, 9.17) is 12.3 Å².